The highest BCUT2D eigenvalue weighted by Crippen LogP contribution is 2.00. The largest absolute Gasteiger partial charge is 0.350 e. The lowest BCUT2D eigenvalue weighted by Gasteiger charge is -2.24. The number of nitrogens with one attached hydrogen (secondary N) is 1. The number of carbonyl (C=O) groups is 1. The van der Waals surface area contributed by atoms with Crippen molar-refractivity contribution in [1.82, 2.24) is 5.32 Å². The summed E-state index contributed by atoms with van der Waals surface area (Å²) in [7, 11) is 6.36. The quantitative estimate of drug-likeness (QED) is 0.830. The molecule has 1 unspecified atom stereocenters. The van der Waals surface area contributed by atoms with Crippen LogP contribution in [0.1, 0.15) is 31.4 Å². The molecule has 0 aliphatic rings. The van der Waals surface area contributed by atoms with E-state index in [1.165, 1.54) is 11.1 Å². The second-order valence-electron chi connectivity index (χ2n) is 6.77. The maximum Gasteiger partial charge on any atom is 0.223 e. The predicted octanol–water partition coefficient (Wildman–Crippen LogP) is 3.16. The van der Waals surface area contributed by atoms with Crippen molar-refractivity contribution in [2.45, 2.75) is 34.1 Å². The number of nitrogens with zero attached hydrogens (tertiary/aromatic N) is 1. The molecule has 0 fully saturated rings. The van der Waals surface area contributed by atoms with Gasteiger partial charge in [0, 0.05) is 5.92 Å². The third-order valence-electron chi connectivity index (χ3n) is 3.36. The Hall–Kier alpha value is -1.35. The van der Waals surface area contributed by atoms with Crippen LogP contribution < -0.4 is 5.32 Å². The Labute approximate surface area is 130 Å². The zero-order chi connectivity index (χ0) is 16.5. The van der Waals surface area contributed by atoms with Gasteiger partial charge in [0.05, 0.1) is 34.2 Å². The van der Waals surface area contributed by atoms with Gasteiger partial charge < -0.3 is 9.80 Å². The summed E-state index contributed by atoms with van der Waals surface area (Å²) in [5.41, 5.74) is 2.66. The van der Waals surface area contributed by atoms with Gasteiger partial charge in [-0.25, -0.2) is 0 Å². The Bertz CT molecular complexity index is 383. The van der Waals surface area contributed by atoms with Gasteiger partial charge >= 0.3 is 0 Å². The summed E-state index contributed by atoms with van der Waals surface area (Å²) in [5.74, 6) is 0.323. The average molecular weight is 293 g/mol. The molecule has 0 spiro atoms. The summed E-state index contributed by atoms with van der Waals surface area (Å²) in [5, 5.41) is 2.94. The molecule has 0 aliphatic heterocycles. The Morgan fingerprint density at radius 1 is 1.10 bits per heavy atom. The van der Waals surface area contributed by atoms with E-state index in [2.05, 4.69) is 64.6 Å². The number of likely N-dealkylation sites (N-methyl/N-ethyl adjacent to an activating group) is 1. The van der Waals surface area contributed by atoms with E-state index < -0.39 is 0 Å². The van der Waals surface area contributed by atoms with Crippen LogP contribution in [0.15, 0.2) is 24.3 Å². The first-order valence-electron chi connectivity index (χ1n) is 7.77. The monoisotopic (exact) mass is 293 g/mol. The Morgan fingerprint density at radius 2 is 1.52 bits per heavy atom. The molecule has 1 atom stereocenters. The molecule has 1 aromatic rings. The van der Waals surface area contributed by atoms with E-state index in [0.717, 1.165) is 24.0 Å². The summed E-state index contributed by atoms with van der Waals surface area (Å²) in [6, 6.07) is 8.48. The minimum absolute atomic E-state index is 0.146. The van der Waals surface area contributed by atoms with Crippen LogP contribution in [0.4, 0.5) is 0 Å². The zero-order valence-electron chi connectivity index (χ0n) is 14.9. The van der Waals surface area contributed by atoms with Crippen LogP contribution in [0.2, 0.25) is 0 Å². The summed E-state index contributed by atoms with van der Waals surface area (Å²) in [4.78, 5) is 11.3. The Morgan fingerprint density at radius 3 is 1.86 bits per heavy atom. The van der Waals surface area contributed by atoms with Crippen LogP contribution in [-0.2, 0) is 4.79 Å². The lowest BCUT2D eigenvalue weighted by Crippen LogP contribution is -2.42. The van der Waals surface area contributed by atoms with Crippen LogP contribution in [0, 0.1) is 19.8 Å². The molecular formula is C18H33N2O+. The third kappa shape index (κ3) is 11.0. The fourth-order valence-electron chi connectivity index (χ4n) is 1.51. The summed E-state index contributed by atoms with van der Waals surface area (Å²) >= 11 is 0. The Balaban J connectivity index is 0.000000423. The lowest BCUT2D eigenvalue weighted by atomic mass is 10.1. The van der Waals surface area contributed by atoms with Crippen molar-refractivity contribution in [3.8, 4) is 0 Å². The first-order chi connectivity index (χ1) is 9.65. The molecule has 1 aromatic carbocycles. The third-order valence-corrected chi connectivity index (χ3v) is 3.36. The van der Waals surface area contributed by atoms with E-state index in [9.17, 15) is 4.79 Å². The SMILES string of the molecule is CCC(C)C(=O)NCC[N+](C)(C)C.Cc1ccc(C)cc1. The van der Waals surface area contributed by atoms with Crippen molar-refractivity contribution in [2.75, 3.05) is 34.2 Å². The topological polar surface area (TPSA) is 29.1 Å². The molecule has 0 radical (unpaired) electrons. The van der Waals surface area contributed by atoms with Crippen molar-refractivity contribution in [2.24, 2.45) is 5.92 Å². The second kappa shape index (κ2) is 9.56. The first-order valence-corrected chi connectivity index (χ1v) is 7.77. The number of hydrogen-bond acceptors (Lipinski definition) is 1. The summed E-state index contributed by atoms with van der Waals surface area (Å²) in [6.45, 7) is 9.93. The van der Waals surface area contributed by atoms with Crippen molar-refractivity contribution >= 4 is 5.91 Å². The minimum Gasteiger partial charge on any atom is -0.350 e. The van der Waals surface area contributed by atoms with E-state index in [0.29, 0.717) is 0 Å². The highest BCUT2D eigenvalue weighted by molar-refractivity contribution is 5.78. The second-order valence-corrected chi connectivity index (χ2v) is 6.77. The molecule has 1 N–H and O–H groups in total. The highest BCUT2D eigenvalue weighted by Gasteiger charge is 2.11. The molecule has 120 valence electrons. The highest BCUT2D eigenvalue weighted by atomic mass is 16.1. The molecular weight excluding hydrogens is 260 g/mol. The van der Waals surface area contributed by atoms with Gasteiger partial charge in [-0.3, -0.25) is 4.79 Å². The molecule has 0 saturated heterocycles. The molecule has 0 heterocycles. The number of carbonyl (C=O) groups excluding carboxylic acids is 1. The van der Waals surface area contributed by atoms with E-state index in [1.807, 2.05) is 13.8 Å². The fraction of sp³-hybridized carbons (Fsp3) is 0.611. The van der Waals surface area contributed by atoms with Gasteiger partial charge in [0.15, 0.2) is 0 Å². The van der Waals surface area contributed by atoms with Gasteiger partial charge in [-0.05, 0) is 20.3 Å². The number of amides is 1. The smallest absolute Gasteiger partial charge is 0.223 e. The average Bonchev–Trinajstić information content (AvgIpc) is 2.40. The standard InChI is InChI=1S/C10H22N2O.C8H10/c1-6-9(2)10(13)11-7-8-12(3,4)5;1-7-3-5-8(2)6-4-7/h9H,6-8H2,1-5H3;3-6H,1-2H3/p+1. The van der Waals surface area contributed by atoms with Crippen LogP contribution in [0.3, 0.4) is 0 Å². The zero-order valence-corrected chi connectivity index (χ0v) is 14.9. The molecule has 0 saturated carbocycles. The molecule has 0 aromatic heterocycles. The number of aryl methyl sites for hydroxylation is 2. The first kappa shape index (κ1) is 19.7. The summed E-state index contributed by atoms with van der Waals surface area (Å²) < 4.78 is 0.890. The van der Waals surface area contributed by atoms with Crippen LogP contribution in [0.25, 0.3) is 0 Å². The number of rotatable bonds is 5. The van der Waals surface area contributed by atoms with Crippen LogP contribution >= 0.6 is 0 Å². The van der Waals surface area contributed by atoms with Gasteiger partial charge in [0.2, 0.25) is 5.91 Å². The maximum absolute atomic E-state index is 11.3. The minimum atomic E-state index is 0.146. The van der Waals surface area contributed by atoms with Gasteiger partial charge in [-0.1, -0.05) is 49.2 Å². The van der Waals surface area contributed by atoms with Crippen LogP contribution in [-0.4, -0.2) is 44.6 Å². The van der Waals surface area contributed by atoms with Gasteiger partial charge in [-0.2, -0.15) is 0 Å². The Kier molecular flexibility index (Phi) is 8.95. The summed E-state index contributed by atoms with van der Waals surface area (Å²) in [6.07, 6.45) is 0.913. The van der Waals surface area contributed by atoms with E-state index in [-0.39, 0.29) is 11.8 Å². The van der Waals surface area contributed by atoms with Gasteiger partial charge in [0.1, 0.15) is 0 Å². The molecule has 1 amide bonds. The predicted molar refractivity (Wildman–Crippen MR) is 91.3 cm³/mol. The molecule has 0 aliphatic carbocycles. The number of quaternary nitrogens is 1. The number of hydrogen-bond donors (Lipinski definition) is 1. The fourth-order valence-corrected chi connectivity index (χ4v) is 1.51. The molecule has 21 heavy (non-hydrogen) atoms. The molecule has 1 rings (SSSR count). The van der Waals surface area contributed by atoms with E-state index in [4.69, 9.17) is 0 Å². The molecule has 0 bridgehead atoms. The van der Waals surface area contributed by atoms with Crippen LogP contribution in [0.5, 0.6) is 0 Å². The lowest BCUT2D eigenvalue weighted by molar-refractivity contribution is -0.869. The van der Waals surface area contributed by atoms with E-state index in [1.54, 1.807) is 0 Å². The van der Waals surface area contributed by atoms with Gasteiger partial charge in [-0.15, -0.1) is 0 Å². The van der Waals surface area contributed by atoms with Gasteiger partial charge in [0.25, 0.3) is 0 Å². The molecule has 3 heteroatoms. The number of benzene rings is 1. The van der Waals surface area contributed by atoms with Crippen molar-refractivity contribution in [1.29, 1.82) is 0 Å². The van der Waals surface area contributed by atoms with Crippen molar-refractivity contribution < 1.29 is 9.28 Å². The van der Waals surface area contributed by atoms with Crippen molar-refractivity contribution in [3.05, 3.63) is 35.4 Å². The van der Waals surface area contributed by atoms with Crippen molar-refractivity contribution in [3.63, 3.8) is 0 Å². The normalized spacial score (nSPS) is 12.1. The van der Waals surface area contributed by atoms with E-state index >= 15 is 0 Å². The maximum atomic E-state index is 11.3. The molecule has 3 nitrogen and oxygen atoms in total.